The second kappa shape index (κ2) is 7.70. The quantitative estimate of drug-likeness (QED) is 0.372. The van der Waals surface area contributed by atoms with Gasteiger partial charge in [-0.3, -0.25) is 14.9 Å². The molecule has 2 rings (SSSR count). The summed E-state index contributed by atoms with van der Waals surface area (Å²) >= 11 is 7.23. The Morgan fingerprint density at radius 3 is 2.74 bits per heavy atom. The lowest BCUT2D eigenvalue weighted by molar-refractivity contribution is -0.384. The summed E-state index contributed by atoms with van der Waals surface area (Å²) in [6.45, 7) is 0.104. The maximum atomic E-state index is 11.9. The van der Waals surface area contributed by atoms with E-state index in [1.165, 1.54) is 23.5 Å². The minimum absolute atomic E-state index is 0.00498. The van der Waals surface area contributed by atoms with Gasteiger partial charge in [0.05, 0.1) is 27.6 Å². The first-order chi connectivity index (χ1) is 11.0. The van der Waals surface area contributed by atoms with Crippen LogP contribution in [0.4, 0.5) is 5.69 Å². The van der Waals surface area contributed by atoms with Gasteiger partial charge in [0, 0.05) is 17.5 Å². The number of carbonyl (C=O) groups is 2. The van der Waals surface area contributed by atoms with Crippen molar-refractivity contribution >= 4 is 40.5 Å². The van der Waals surface area contributed by atoms with Crippen LogP contribution in [0.15, 0.2) is 35.0 Å². The summed E-state index contributed by atoms with van der Waals surface area (Å²) < 4.78 is 4.98. The van der Waals surface area contributed by atoms with E-state index in [2.05, 4.69) is 5.32 Å². The van der Waals surface area contributed by atoms with Gasteiger partial charge in [0.25, 0.3) is 11.6 Å². The minimum atomic E-state index is -0.600. The Hall–Kier alpha value is -2.45. The fraction of sp³-hybridized carbons (Fsp3) is 0.143. The van der Waals surface area contributed by atoms with E-state index < -0.39 is 16.8 Å². The lowest BCUT2D eigenvalue weighted by Crippen LogP contribution is -2.28. The van der Waals surface area contributed by atoms with Crippen LogP contribution >= 0.6 is 22.9 Å². The van der Waals surface area contributed by atoms with E-state index in [1.807, 2.05) is 0 Å². The zero-order chi connectivity index (χ0) is 16.8. The molecule has 2 aromatic rings. The number of nitrogens with one attached hydrogen (secondary N) is 1. The second-order valence-electron chi connectivity index (χ2n) is 4.33. The van der Waals surface area contributed by atoms with Gasteiger partial charge >= 0.3 is 5.97 Å². The summed E-state index contributed by atoms with van der Waals surface area (Å²) in [6, 6.07) is 5.21. The number of non-ortho nitro benzene ring substituents is 1. The van der Waals surface area contributed by atoms with Crippen molar-refractivity contribution in [2.24, 2.45) is 0 Å². The molecular weight excluding hydrogens is 344 g/mol. The number of esters is 1. The molecular formula is C14H11ClN2O5S. The highest BCUT2D eigenvalue weighted by atomic mass is 35.5. The molecule has 1 aromatic heterocycles. The minimum Gasteiger partial charge on any atom is -0.460 e. The van der Waals surface area contributed by atoms with Gasteiger partial charge in [-0.05, 0) is 17.5 Å². The van der Waals surface area contributed by atoms with E-state index in [0.29, 0.717) is 5.56 Å². The van der Waals surface area contributed by atoms with Crippen molar-refractivity contribution in [2.45, 2.75) is 0 Å². The molecule has 120 valence electrons. The number of nitro benzene ring substituents is 1. The molecule has 0 spiro atoms. The van der Waals surface area contributed by atoms with E-state index in [-0.39, 0.29) is 29.4 Å². The first-order valence-corrected chi connectivity index (χ1v) is 7.72. The molecule has 0 aliphatic heterocycles. The second-order valence-corrected chi connectivity index (χ2v) is 5.51. The first-order valence-electron chi connectivity index (χ1n) is 6.40. The maximum absolute atomic E-state index is 11.9. The number of halogens is 1. The number of benzene rings is 1. The monoisotopic (exact) mass is 354 g/mol. The molecule has 0 atom stereocenters. The predicted molar refractivity (Wildman–Crippen MR) is 85.0 cm³/mol. The molecule has 9 heteroatoms. The molecule has 1 N–H and O–H groups in total. The fourth-order valence-electron chi connectivity index (χ4n) is 1.67. The van der Waals surface area contributed by atoms with Crippen LogP contribution in [-0.2, 0) is 4.74 Å². The van der Waals surface area contributed by atoms with Crippen LogP contribution < -0.4 is 5.32 Å². The summed E-state index contributed by atoms with van der Waals surface area (Å²) in [5.74, 6) is -0.967. The van der Waals surface area contributed by atoms with E-state index in [1.54, 1.807) is 16.8 Å². The van der Waals surface area contributed by atoms with E-state index in [0.717, 1.165) is 6.07 Å². The van der Waals surface area contributed by atoms with Crippen LogP contribution in [0.25, 0.3) is 0 Å². The SMILES string of the molecule is O=C(OCCNC(=O)c1ccc([N+](=O)[O-])cc1Cl)c1ccsc1. The van der Waals surface area contributed by atoms with Crippen LogP contribution in [-0.4, -0.2) is 30.0 Å². The van der Waals surface area contributed by atoms with E-state index in [9.17, 15) is 19.7 Å². The Morgan fingerprint density at radius 2 is 2.13 bits per heavy atom. The topological polar surface area (TPSA) is 98.5 Å². The van der Waals surface area contributed by atoms with Gasteiger partial charge in [-0.15, -0.1) is 0 Å². The number of rotatable bonds is 6. The Kier molecular flexibility index (Phi) is 5.67. The average molecular weight is 355 g/mol. The van der Waals surface area contributed by atoms with Gasteiger partial charge in [-0.2, -0.15) is 11.3 Å². The number of nitro groups is 1. The maximum Gasteiger partial charge on any atom is 0.339 e. The Bertz CT molecular complexity index is 733. The van der Waals surface area contributed by atoms with Crippen LogP contribution in [0.3, 0.4) is 0 Å². The van der Waals surface area contributed by atoms with Crippen molar-refractivity contribution in [1.29, 1.82) is 0 Å². The highest BCUT2D eigenvalue weighted by molar-refractivity contribution is 7.08. The predicted octanol–water partition coefficient (Wildman–Crippen LogP) is 2.90. The number of ether oxygens (including phenoxy) is 1. The number of nitrogens with zero attached hydrogens (tertiary/aromatic N) is 1. The summed E-state index contributed by atoms with van der Waals surface area (Å²) in [4.78, 5) is 33.5. The third kappa shape index (κ3) is 4.51. The van der Waals surface area contributed by atoms with Gasteiger partial charge < -0.3 is 10.1 Å². The summed E-state index contributed by atoms with van der Waals surface area (Å²) in [6.07, 6.45) is 0. The summed E-state index contributed by atoms with van der Waals surface area (Å²) in [5, 5.41) is 16.5. The normalized spacial score (nSPS) is 10.1. The molecule has 0 radical (unpaired) electrons. The first kappa shape index (κ1) is 16.9. The van der Waals surface area contributed by atoms with Crippen molar-refractivity contribution in [2.75, 3.05) is 13.2 Å². The molecule has 7 nitrogen and oxygen atoms in total. The third-order valence-electron chi connectivity index (χ3n) is 2.79. The molecule has 1 heterocycles. The standard InChI is InChI=1S/C14H11ClN2O5S/c15-12-7-10(17(20)21)1-2-11(12)13(18)16-4-5-22-14(19)9-3-6-23-8-9/h1-3,6-8H,4-5H2,(H,16,18). The highest BCUT2D eigenvalue weighted by Crippen LogP contribution is 2.22. The molecule has 0 saturated heterocycles. The lowest BCUT2D eigenvalue weighted by atomic mass is 10.2. The molecule has 0 fully saturated rings. The van der Waals surface area contributed by atoms with Crippen LogP contribution in [0.1, 0.15) is 20.7 Å². The number of amides is 1. The summed E-state index contributed by atoms with van der Waals surface area (Å²) in [5.41, 5.74) is 0.373. The molecule has 0 aliphatic carbocycles. The van der Waals surface area contributed by atoms with Gasteiger partial charge in [-0.25, -0.2) is 4.79 Å². The number of hydrogen-bond acceptors (Lipinski definition) is 6. The van der Waals surface area contributed by atoms with Crippen molar-refractivity contribution < 1.29 is 19.2 Å². The van der Waals surface area contributed by atoms with Gasteiger partial charge in [0.1, 0.15) is 6.61 Å². The highest BCUT2D eigenvalue weighted by Gasteiger charge is 2.15. The van der Waals surface area contributed by atoms with E-state index in [4.69, 9.17) is 16.3 Å². The third-order valence-corrected chi connectivity index (χ3v) is 3.78. The molecule has 0 unspecified atom stereocenters. The molecule has 0 bridgehead atoms. The molecule has 0 saturated carbocycles. The van der Waals surface area contributed by atoms with Crippen LogP contribution in [0.5, 0.6) is 0 Å². The largest absolute Gasteiger partial charge is 0.460 e. The molecule has 1 aromatic carbocycles. The number of carbonyl (C=O) groups excluding carboxylic acids is 2. The average Bonchev–Trinajstić information content (AvgIpc) is 3.05. The van der Waals surface area contributed by atoms with Crippen molar-refractivity contribution in [3.63, 3.8) is 0 Å². The van der Waals surface area contributed by atoms with Gasteiger partial charge in [0.2, 0.25) is 0 Å². The van der Waals surface area contributed by atoms with Gasteiger partial charge in [-0.1, -0.05) is 11.6 Å². The Labute approximate surface area is 140 Å². The lowest BCUT2D eigenvalue weighted by Gasteiger charge is -2.07. The molecule has 0 aliphatic rings. The molecule has 23 heavy (non-hydrogen) atoms. The number of thiophene rings is 1. The molecule has 1 amide bonds. The smallest absolute Gasteiger partial charge is 0.339 e. The fourth-order valence-corrected chi connectivity index (χ4v) is 2.55. The van der Waals surface area contributed by atoms with Gasteiger partial charge in [0.15, 0.2) is 0 Å². The Morgan fingerprint density at radius 1 is 1.35 bits per heavy atom. The van der Waals surface area contributed by atoms with Crippen LogP contribution in [0, 0.1) is 10.1 Å². The Balaban J connectivity index is 1.83. The summed E-state index contributed by atoms with van der Waals surface area (Å²) in [7, 11) is 0. The zero-order valence-corrected chi connectivity index (χ0v) is 13.2. The zero-order valence-electron chi connectivity index (χ0n) is 11.7. The number of hydrogen-bond donors (Lipinski definition) is 1. The van der Waals surface area contributed by atoms with Crippen molar-refractivity contribution in [3.05, 3.63) is 61.3 Å². The van der Waals surface area contributed by atoms with Crippen molar-refractivity contribution in [3.8, 4) is 0 Å². The van der Waals surface area contributed by atoms with Crippen LogP contribution in [0.2, 0.25) is 5.02 Å². The van der Waals surface area contributed by atoms with E-state index >= 15 is 0 Å². The van der Waals surface area contributed by atoms with Crippen molar-refractivity contribution in [1.82, 2.24) is 5.32 Å².